The zero-order chi connectivity index (χ0) is 24.9. The monoisotopic (exact) mass is 508 g/mol. The largest absolute Gasteiger partial charge is 0.480 e. The van der Waals surface area contributed by atoms with Crippen LogP contribution in [0.1, 0.15) is 53.3 Å². The molecule has 10 heteroatoms. The minimum absolute atomic E-state index is 0.0564. The fourth-order valence-corrected chi connectivity index (χ4v) is 5.73. The van der Waals surface area contributed by atoms with E-state index in [-0.39, 0.29) is 41.8 Å². The Morgan fingerprint density at radius 1 is 0.943 bits per heavy atom. The highest BCUT2D eigenvalue weighted by Gasteiger charge is 2.47. The summed E-state index contributed by atoms with van der Waals surface area (Å²) >= 11 is 5.98. The standard InChI is InChI=1S/C25H24ClF3N2O4/c26-16-5-6-21-17(10-16)20(32)11-22(35-21)24(34)31-19-9-13-7-14(19)8-18(13)30-23(33)12-1-3-15(4-2-12)25(27,28)29/h1-6,10,13-14,18-20,22,32H,7-9,11H2,(H,30,33)(H,31,34). The molecule has 6 atom stereocenters. The van der Waals surface area contributed by atoms with E-state index >= 15 is 0 Å². The van der Waals surface area contributed by atoms with Gasteiger partial charge in [-0.3, -0.25) is 9.59 Å². The van der Waals surface area contributed by atoms with Gasteiger partial charge in [0.05, 0.1) is 11.7 Å². The number of hydrogen-bond acceptors (Lipinski definition) is 4. The van der Waals surface area contributed by atoms with Crippen molar-refractivity contribution in [1.29, 1.82) is 0 Å². The molecule has 1 heterocycles. The van der Waals surface area contributed by atoms with E-state index in [1.807, 2.05) is 0 Å². The van der Waals surface area contributed by atoms with Gasteiger partial charge in [-0.15, -0.1) is 0 Å². The van der Waals surface area contributed by atoms with Gasteiger partial charge in [-0.2, -0.15) is 13.2 Å². The normalized spacial score (nSPS) is 29.3. The van der Waals surface area contributed by atoms with Gasteiger partial charge in [-0.25, -0.2) is 0 Å². The lowest BCUT2D eigenvalue weighted by molar-refractivity contribution is -0.137. The van der Waals surface area contributed by atoms with Crippen LogP contribution in [-0.4, -0.2) is 35.1 Å². The number of hydrogen-bond donors (Lipinski definition) is 3. The first-order valence-electron chi connectivity index (χ1n) is 11.5. The number of halogens is 4. The lowest BCUT2D eigenvalue weighted by Crippen LogP contribution is -2.49. The molecule has 5 rings (SSSR count). The second kappa shape index (κ2) is 9.02. The molecule has 2 aromatic carbocycles. The molecule has 1 aliphatic heterocycles. The van der Waals surface area contributed by atoms with Crippen molar-refractivity contribution in [3.8, 4) is 5.75 Å². The van der Waals surface area contributed by atoms with Gasteiger partial charge in [0.25, 0.3) is 11.8 Å². The summed E-state index contributed by atoms with van der Waals surface area (Å²) in [5.41, 5.74) is -0.0531. The minimum atomic E-state index is -4.45. The van der Waals surface area contributed by atoms with Gasteiger partial charge in [0, 0.05) is 34.7 Å². The van der Waals surface area contributed by atoms with E-state index in [1.54, 1.807) is 18.2 Å². The van der Waals surface area contributed by atoms with E-state index in [0.29, 0.717) is 29.2 Å². The summed E-state index contributed by atoms with van der Waals surface area (Å²) in [5.74, 6) is 0.103. The lowest BCUT2D eigenvalue weighted by Gasteiger charge is -2.32. The van der Waals surface area contributed by atoms with Crippen LogP contribution >= 0.6 is 11.6 Å². The summed E-state index contributed by atoms with van der Waals surface area (Å²) in [6.07, 6.45) is -3.76. The number of nitrogens with one attached hydrogen (secondary N) is 2. The molecule has 0 aromatic heterocycles. The number of benzene rings is 2. The van der Waals surface area contributed by atoms with Crippen molar-refractivity contribution in [2.75, 3.05) is 0 Å². The molecular formula is C25H24ClF3N2O4. The summed E-state index contributed by atoms with van der Waals surface area (Å²) in [6.45, 7) is 0. The van der Waals surface area contributed by atoms with Crippen LogP contribution in [0.15, 0.2) is 42.5 Å². The van der Waals surface area contributed by atoms with Gasteiger partial charge >= 0.3 is 6.18 Å². The SMILES string of the molecule is O=C(NC1CC2CC1CC2NC(=O)C1CC(O)c2cc(Cl)ccc2O1)c1ccc(C(F)(F)F)cc1. The van der Waals surface area contributed by atoms with Crippen LogP contribution in [0.4, 0.5) is 13.2 Å². The number of amides is 2. The molecule has 6 unspecified atom stereocenters. The minimum Gasteiger partial charge on any atom is -0.480 e. The maximum atomic E-state index is 12.9. The van der Waals surface area contributed by atoms with Crippen LogP contribution in [0, 0.1) is 11.8 Å². The Labute approximate surface area is 204 Å². The molecule has 2 fully saturated rings. The van der Waals surface area contributed by atoms with Crippen molar-refractivity contribution < 1.29 is 32.6 Å². The Kier molecular flexibility index (Phi) is 6.17. The number of alkyl halides is 3. The first-order valence-corrected chi connectivity index (χ1v) is 11.9. The molecule has 6 nitrogen and oxygen atoms in total. The second-order valence-corrected chi connectivity index (χ2v) is 9.97. The van der Waals surface area contributed by atoms with Gasteiger partial charge in [-0.1, -0.05) is 11.6 Å². The first kappa shape index (κ1) is 23.9. The molecule has 3 aliphatic rings. The van der Waals surface area contributed by atoms with Crippen molar-refractivity contribution in [2.45, 2.75) is 56.2 Å². The van der Waals surface area contributed by atoms with Crippen LogP contribution in [-0.2, 0) is 11.0 Å². The first-order chi connectivity index (χ1) is 16.6. The third-order valence-corrected chi connectivity index (χ3v) is 7.54. The average molecular weight is 509 g/mol. The molecule has 2 bridgehead atoms. The number of fused-ring (bicyclic) bond motifs is 3. The molecule has 35 heavy (non-hydrogen) atoms. The number of rotatable bonds is 4. The summed E-state index contributed by atoms with van der Waals surface area (Å²) in [7, 11) is 0. The molecule has 2 aliphatic carbocycles. The van der Waals surface area contributed by atoms with Crippen LogP contribution in [0.25, 0.3) is 0 Å². The molecule has 0 radical (unpaired) electrons. The molecular weight excluding hydrogens is 485 g/mol. The molecule has 2 saturated carbocycles. The molecule has 3 N–H and O–H groups in total. The summed E-state index contributed by atoms with van der Waals surface area (Å²) in [4.78, 5) is 25.4. The second-order valence-electron chi connectivity index (χ2n) is 9.54. The number of aliphatic hydroxyl groups is 1. The van der Waals surface area contributed by atoms with E-state index in [2.05, 4.69) is 10.6 Å². The fraction of sp³-hybridized carbons (Fsp3) is 0.440. The zero-order valence-electron chi connectivity index (χ0n) is 18.5. The maximum Gasteiger partial charge on any atom is 0.416 e. The lowest BCUT2D eigenvalue weighted by atomic mass is 9.90. The zero-order valence-corrected chi connectivity index (χ0v) is 19.3. The number of aliphatic hydroxyl groups excluding tert-OH is 1. The van der Waals surface area contributed by atoms with E-state index in [4.69, 9.17) is 16.3 Å². The van der Waals surface area contributed by atoms with Crippen molar-refractivity contribution in [2.24, 2.45) is 11.8 Å². The Bertz CT molecular complexity index is 1140. The van der Waals surface area contributed by atoms with Crippen LogP contribution in [0.2, 0.25) is 5.02 Å². The van der Waals surface area contributed by atoms with Crippen LogP contribution in [0.3, 0.4) is 0 Å². The average Bonchev–Trinajstić information content (AvgIpc) is 3.39. The summed E-state index contributed by atoms with van der Waals surface area (Å²) < 4.78 is 44.0. The van der Waals surface area contributed by atoms with Crippen molar-refractivity contribution >= 4 is 23.4 Å². The number of carbonyl (C=O) groups is 2. The summed E-state index contributed by atoms with van der Waals surface area (Å²) in [5, 5.41) is 16.9. The Morgan fingerprint density at radius 2 is 1.60 bits per heavy atom. The highest BCUT2D eigenvalue weighted by Crippen LogP contribution is 2.45. The van der Waals surface area contributed by atoms with Crippen LogP contribution < -0.4 is 15.4 Å². The third-order valence-electron chi connectivity index (χ3n) is 7.31. The maximum absolute atomic E-state index is 12.9. The predicted molar refractivity (Wildman–Crippen MR) is 121 cm³/mol. The Balaban J connectivity index is 1.14. The highest BCUT2D eigenvalue weighted by molar-refractivity contribution is 6.30. The van der Waals surface area contributed by atoms with E-state index in [1.165, 1.54) is 12.1 Å². The number of carbonyl (C=O) groups excluding carboxylic acids is 2. The number of ether oxygens (including phenoxy) is 1. The van der Waals surface area contributed by atoms with Crippen molar-refractivity contribution in [1.82, 2.24) is 10.6 Å². The third kappa shape index (κ3) is 4.84. The quantitative estimate of drug-likeness (QED) is 0.576. The van der Waals surface area contributed by atoms with Crippen molar-refractivity contribution in [3.63, 3.8) is 0 Å². The van der Waals surface area contributed by atoms with Gasteiger partial charge in [-0.05, 0) is 73.6 Å². The summed E-state index contributed by atoms with van der Waals surface area (Å²) in [6, 6.07) is 8.93. The molecule has 0 saturated heterocycles. The van der Waals surface area contributed by atoms with E-state index < -0.39 is 29.9 Å². The Hall–Kier alpha value is -2.78. The van der Waals surface area contributed by atoms with E-state index in [9.17, 15) is 27.9 Å². The molecule has 2 aromatic rings. The molecule has 0 spiro atoms. The van der Waals surface area contributed by atoms with Gasteiger partial charge < -0.3 is 20.5 Å². The van der Waals surface area contributed by atoms with Gasteiger partial charge in [0.1, 0.15) is 5.75 Å². The predicted octanol–water partition coefficient (Wildman–Crippen LogP) is 4.26. The molecule has 186 valence electrons. The van der Waals surface area contributed by atoms with Gasteiger partial charge in [0.15, 0.2) is 6.10 Å². The van der Waals surface area contributed by atoms with E-state index in [0.717, 1.165) is 18.6 Å². The Morgan fingerprint density at radius 3 is 2.23 bits per heavy atom. The topological polar surface area (TPSA) is 87.7 Å². The fourth-order valence-electron chi connectivity index (χ4n) is 5.55. The highest BCUT2D eigenvalue weighted by atomic mass is 35.5. The van der Waals surface area contributed by atoms with Crippen molar-refractivity contribution in [3.05, 3.63) is 64.2 Å². The smallest absolute Gasteiger partial charge is 0.416 e. The van der Waals surface area contributed by atoms with Crippen LogP contribution in [0.5, 0.6) is 5.75 Å². The van der Waals surface area contributed by atoms with Gasteiger partial charge in [0.2, 0.25) is 0 Å². The molecule has 2 amide bonds.